The summed E-state index contributed by atoms with van der Waals surface area (Å²) in [5, 5.41) is 25.7. The fraction of sp³-hybridized carbons (Fsp3) is 0.286. The van der Waals surface area contributed by atoms with Crippen molar-refractivity contribution in [1.82, 2.24) is 10.3 Å². The van der Waals surface area contributed by atoms with Crippen LogP contribution >= 0.6 is 12.2 Å². The highest BCUT2D eigenvalue weighted by atomic mass is 32.1. The average molecular weight is 420 g/mol. The van der Waals surface area contributed by atoms with Gasteiger partial charge < -0.3 is 14.6 Å². The first kappa shape index (κ1) is 21.0. The molecule has 0 bridgehead atoms. The summed E-state index contributed by atoms with van der Waals surface area (Å²) < 4.78 is 5.84. The quantitative estimate of drug-likeness (QED) is 0.433. The van der Waals surface area contributed by atoms with E-state index < -0.39 is 5.91 Å². The molecular weight excluding hydrogens is 400 g/mol. The maximum atomic E-state index is 12.8. The highest BCUT2D eigenvalue weighted by Crippen LogP contribution is 2.30. The molecule has 0 saturated carbocycles. The number of hydrazone groups is 1. The second-order valence-corrected chi connectivity index (χ2v) is 7.08. The van der Waals surface area contributed by atoms with Gasteiger partial charge in [0.05, 0.1) is 17.9 Å². The first-order chi connectivity index (χ1) is 14.5. The van der Waals surface area contributed by atoms with Crippen LogP contribution in [0.5, 0.6) is 0 Å². The number of para-hydroxylation sites is 1. The van der Waals surface area contributed by atoms with Gasteiger partial charge in [0.1, 0.15) is 18.8 Å². The number of amides is 1. The van der Waals surface area contributed by atoms with Crippen molar-refractivity contribution in [3.05, 3.63) is 53.0 Å². The lowest BCUT2D eigenvalue weighted by Gasteiger charge is -2.15. The molecule has 0 unspecified atom stereocenters. The molecule has 0 radical (unpaired) electrons. The fourth-order valence-electron chi connectivity index (χ4n) is 3.30. The van der Waals surface area contributed by atoms with Crippen molar-refractivity contribution in [3.63, 3.8) is 0 Å². The van der Waals surface area contributed by atoms with Gasteiger partial charge in [-0.25, -0.2) is 0 Å². The summed E-state index contributed by atoms with van der Waals surface area (Å²) in [7, 11) is 0. The van der Waals surface area contributed by atoms with Crippen LogP contribution in [-0.4, -0.2) is 34.7 Å². The third-order valence-corrected chi connectivity index (χ3v) is 4.85. The van der Waals surface area contributed by atoms with Gasteiger partial charge in [-0.05, 0) is 44.1 Å². The number of nitriles is 2. The molecule has 0 fully saturated rings. The molecule has 0 saturated heterocycles. The molecule has 1 aromatic carbocycles. The van der Waals surface area contributed by atoms with E-state index in [1.807, 2.05) is 42.5 Å². The fourth-order valence-corrected chi connectivity index (χ4v) is 3.46. The van der Waals surface area contributed by atoms with Gasteiger partial charge in [0.25, 0.3) is 5.91 Å². The molecule has 1 amide bonds. The molecule has 2 aromatic rings. The number of carbonyl (C=O) groups is 1. The number of carbonyl (C=O) groups excluding carboxylic acids is 1. The monoisotopic (exact) mass is 420 g/mol. The zero-order valence-electron chi connectivity index (χ0n) is 16.4. The van der Waals surface area contributed by atoms with Crippen molar-refractivity contribution in [2.24, 2.45) is 5.10 Å². The van der Waals surface area contributed by atoms with Crippen molar-refractivity contribution in [1.29, 1.82) is 10.5 Å². The van der Waals surface area contributed by atoms with Gasteiger partial charge in [-0.2, -0.15) is 15.6 Å². The van der Waals surface area contributed by atoms with E-state index in [1.54, 1.807) is 6.92 Å². The predicted octanol–water partition coefficient (Wildman–Crippen LogP) is 3.10. The van der Waals surface area contributed by atoms with E-state index in [0.29, 0.717) is 29.3 Å². The molecule has 9 heteroatoms. The van der Waals surface area contributed by atoms with E-state index in [2.05, 4.69) is 15.8 Å². The van der Waals surface area contributed by atoms with Crippen LogP contribution in [0, 0.1) is 29.6 Å². The number of aryl methyl sites for hydroxylation is 1. The van der Waals surface area contributed by atoms with Crippen molar-refractivity contribution in [2.75, 3.05) is 18.4 Å². The molecule has 8 nitrogen and oxygen atoms in total. The van der Waals surface area contributed by atoms with Gasteiger partial charge >= 0.3 is 0 Å². The zero-order valence-corrected chi connectivity index (χ0v) is 17.3. The summed E-state index contributed by atoms with van der Waals surface area (Å²) in [5.74, 6) is 0.349. The highest BCUT2D eigenvalue weighted by molar-refractivity contribution is 7.80. The summed E-state index contributed by atoms with van der Waals surface area (Å²) in [6.45, 7) is 1.42. The molecular formula is C21H20N6O2S. The smallest absolute Gasteiger partial charge is 0.291 e. The Hall–Kier alpha value is -3.69. The standard InChI is InChI=1S/C21H20N6O2S/c1-14-18-16(25-26-21(30)24-15-6-3-2-4-7-15)8-5-9-17(18)29-19(14)20(28)27(12-10-22)13-11-23/h2-4,6-7H,5,8-9,12-13H2,1H3,(H2,24,26,30)/b25-16+. The lowest BCUT2D eigenvalue weighted by molar-refractivity contribution is 0.0760. The number of rotatable bonds is 5. The van der Waals surface area contributed by atoms with Crippen LogP contribution in [0.2, 0.25) is 0 Å². The van der Waals surface area contributed by atoms with E-state index in [1.165, 1.54) is 0 Å². The number of nitrogens with zero attached hydrogens (tertiary/aromatic N) is 4. The molecule has 0 aliphatic heterocycles. The lowest BCUT2D eigenvalue weighted by atomic mass is 9.93. The summed E-state index contributed by atoms with van der Waals surface area (Å²) >= 11 is 5.30. The maximum Gasteiger partial charge on any atom is 0.291 e. The van der Waals surface area contributed by atoms with Crippen LogP contribution in [-0.2, 0) is 6.42 Å². The predicted molar refractivity (Wildman–Crippen MR) is 116 cm³/mol. The number of furan rings is 1. The van der Waals surface area contributed by atoms with Crippen molar-refractivity contribution < 1.29 is 9.21 Å². The summed E-state index contributed by atoms with van der Waals surface area (Å²) in [6.07, 6.45) is 2.22. The summed E-state index contributed by atoms with van der Waals surface area (Å²) in [4.78, 5) is 13.9. The van der Waals surface area contributed by atoms with Gasteiger partial charge in [0.15, 0.2) is 10.9 Å². The van der Waals surface area contributed by atoms with Crippen LogP contribution in [0.4, 0.5) is 5.69 Å². The minimum atomic E-state index is -0.474. The van der Waals surface area contributed by atoms with Gasteiger partial charge in [-0.3, -0.25) is 10.2 Å². The van der Waals surface area contributed by atoms with Crippen LogP contribution in [0.1, 0.15) is 40.3 Å². The minimum absolute atomic E-state index is 0.144. The highest BCUT2D eigenvalue weighted by Gasteiger charge is 2.30. The normalized spacial score (nSPS) is 13.6. The Bertz CT molecular complexity index is 1050. The van der Waals surface area contributed by atoms with E-state index in [-0.39, 0.29) is 18.8 Å². The number of benzene rings is 1. The molecule has 1 aromatic heterocycles. The first-order valence-electron chi connectivity index (χ1n) is 9.39. The first-order valence-corrected chi connectivity index (χ1v) is 9.80. The number of nitrogens with one attached hydrogen (secondary N) is 2. The largest absolute Gasteiger partial charge is 0.455 e. The molecule has 0 spiro atoms. The van der Waals surface area contributed by atoms with Gasteiger partial charge in [-0.1, -0.05) is 18.2 Å². The number of thiocarbonyl (C=S) groups is 1. The van der Waals surface area contributed by atoms with E-state index in [4.69, 9.17) is 27.2 Å². The Morgan fingerprint density at radius 3 is 2.60 bits per heavy atom. The van der Waals surface area contributed by atoms with Crippen LogP contribution in [0.25, 0.3) is 0 Å². The molecule has 1 aliphatic rings. The average Bonchev–Trinajstić information content (AvgIpc) is 3.09. The molecule has 30 heavy (non-hydrogen) atoms. The molecule has 1 aliphatic carbocycles. The number of hydrogen-bond acceptors (Lipinski definition) is 6. The van der Waals surface area contributed by atoms with E-state index >= 15 is 0 Å². The Morgan fingerprint density at radius 2 is 1.93 bits per heavy atom. The van der Waals surface area contributed by atoms with Crippen molar-refractivity contribution >= 4 is 34.6 Å². The second kappa shape index (κ2) is 9.68. The minimum Gasteiger partial charge on any atom is -0.455 e. The van der Waals surface area contributed by atoms with E-state index in [9.17, 15) is 4.79 Å². The van der Waals surface area contributed by atoms with Gasteiger partial charge in [0, 0.05) is 23.2 Å². The molecule has 0 atom stereocenters. The van der Waals surface area contributed by atoms with Crippen molar-refractivity contribution in [3.8, 4) is 12.1 Å². The number of anilines is 1. The zero-order chi connectivity index (χ0) is 21.5. The summed E-state index contributed by atoms with van der Waals surface area (Å²) in [6, 6.07) is 13.3. The third kappa shape index (κ3) is 4.65. The van der Waals surface area contributed by atoms with Gasteiger partial charge in [0.2, 0.25) is 0 Å². The Labute approximate surface area is 179 Å². The summed E-state index contributed by atoms with van der Waals surface area (Å²) in [5.41, 5.74) is 5.89. The lowest BCUT2D eigenvalue weighted by Crippen LogP contribution is -2.32. The van der Waals surface area contributed by atoms with E-state index in [0.717, 1.165) is 28.3 Å². The Balaban J connectivity index is 1.81. The topological polar surface area (TPSA) is 117 Å². The van der Waals surface area contributed by atoms with Crippen molar-refractivity contribution in [2.45, 2.75) is 26.2 Å². The second-order valence-electron chi connectivity index (χ2n) is 6.68. The molecule has 152 valence electrons. The van der Waals surface area contributed by atoms with Crippen LogP contribution in [0.15, 0.2) is 39.9 Å². The third-order valence-electron chi connectivity index (χ3n) is 4.65. The molecule has 3 rings (SSSR count). The number of hydrogen-bond donors (Lipinski definition) is 2. The maximum absolute atomic E-state index is 12.8. The Morgan fingerprint density at radius 1 is 1.23 bits per heavy atom. The molecule has 2 N–H and O–H groups in total. The van der Waals surface area contributed by atoms with Crippen LogP contribution in [0.3, 0.4) is 0 Å². The number of fused-ring (bicyclic) bond motifs is 1. The van der Waals surface area contributed by atoms with Crippen LogP contribution < -0.4 is 10.7 Å². The molecule has 1 heterocycles. The SMILES string of the molecule is Cc1c(C(=O)N(CC#N)CC#N)oc2c1/C(=N/NC(=S)Nc1ccccc1)CCC2. The Kier molecular flexibility index (Phi) is 6.79. The van der Waals surface area contributed by atoms with Gasteiger partial charge in [-0.15, -0.1) is 0 Å².